The summed E-state index contributed by atoms with van der Waals surface area (Å²) in [5.41, 5.74) is 8.21. The van der Waals surface area contributed by atoms with E-state index in [0.29, 0.717) is 5.82 Å². The number of hydrogen-bond donors (Lipinski definition) is 4. The number of carboxylic acids is 1. The van der Waals surface area contributed by atoms with E-state index in [2.05, 4.69) is 32.8 Å². The second-order valence-electron chi connectivity index (χ2n) is 10.7. The number of aromatic amines is 1. The van der Waals surface area contributed by atoms with Gasteiger partial charge in [0.25, 0.3) is 0 Å². The maximum absolute atomic E-state index is 14.0. The van der Waals surface area contributed by atoms with E-state index in [0.717, 1.165) is 64.0 Å². The lowest BCUT2D eigenvalue weighted by molar-refractivity contribution is -0.139. The summed E-state index contributed by atoms with van der Waals surface area (Å²) in [4.78, 5) is 16.2. The van der Waals surface area contributed by atoms with Gasteiger partial charge in [-0.2, -0.15) is 0 Å². The molecular weight excluding hydrogens is 525 g/mol. The van der Waals surface area contributed by atoms with Crippen molar-refractivity contribution in [3.63, 3.8) is 0 Å². The average molecular weight is 558 g/mol. The number of tetrazole rings is 1. The minimum absolute atomic E-state index is 0.00208. The number of rotatable bonds is 9. The zero-order valence-corrected chi connectivity index (χ0v) is 22.9. The molecule has 2 atom stereocenters. The number of aliphatic hydroxyl groups excluding tert-OH is 2. The molecule has 0 saturated carbocycles. The van der Waals surface area contributed by atoms with E-state index >= 15 is 0 Å². The molecule has 0 fully saturated rings. The van der Waals surface area contributed by atoms with E-state index < -0.39 is 24.6 Å². The van der Waals surface area contributed by atoms with Crippen LogP contribution in [-0.4, -0.2) is 59.1 Å². The molecule has 0 bridgehead atoms. The van der Waals surface area contributed by atoms with E-state index in [1.54, 1.807) is 24.3 Å². The molecule has 0 radical (unpaired) electrons. The maximum atomic E-state index is 14.0. The minimum atomic E-state index is -1.18. The summed E-state index contributed by atoms with van der Waals surface area (Å²) < 4.78 is 14.0. The highest BCUT2D eigenvalue weighted by molar-refractivity contribution is 5.86. The number of nitrogens with zero attached hydrogens (tertiary/aromatic N) is 4. The van der Waals surface area contributed by atoms with Gasteiger partial charge in [-0.1, -0.05) is 50.3 Å². The first-order valence-corrected chi connectivity index (χ1v) is 13.7. The van der Waals surface area contributed by atoms with Crippen molar-refractivity contribution in [1.29, 1.82) is 0 Å². The van der Waals surface area contributed by atoms with Crippen molar-refractivity contribution in [2.75, 3.05) is 0 Å². The third-order valence-corrected chi connectivity index (χ3v) is 7.31. The first-order valence-electron chi connectivity index (χ1n) is 13.7. The van der Waals surface area contributed by atoms with Crippen molar-refractivity contribution in [2.45, 2.75) is 64.1 Å². The van der Waals surface area contributed by atoms with Crippen LogP contribution in [0.25, 0.3) is 39.8 Å². The number of halogens is 1. The average Bonchev–Trinajstić information content (AvgIpc) is 3.40. The molecule has 5 rings (SSSR count). The maximum Gasteiger partial charge on any atom is 0.305 e. The molecule has 1 aliphatic carbocycles. The molecule has 1 aliphatic rings. The molecule has 0 unspecified atom stereocenters. The zero-order chi connectivity index (χ0) is 29.1. The molecule has 4 N–H and O–H groups in total. The number of fused-ring (bicyclic) bond motifs is 3. The van der Waals surface area contributed by atoms with Crippen molar-refractivity contribution in [1.82, 2.24) is 25.6 Å². The van der Waals surface area contributed by atoms with Gasteiger partial charge in [0.15, 0.2) is 5.82 Å². The highest BCUT2D eigenvalue weighted by Gasteiger charge is 2.26. The standard InChI is InChI=1S/C31H32FN5O4/c1-17(2)29-25(13-12-22(38)15-23(39)16-27(40)41)28(19-8-10-21(32)11-9-19)24-5-3-4-18-6-7-20(31-34-36-37-35-31)14-26(18)30(24)33-29/h6-14,17,22-23,38-39H,3-5,15-16H2,1-2H3,(H,40,41)(H,34,35,36,37)/b13-12+/t22-,23-/m1/s1. The number of aromatic nitrogens is 5. The van der Waals surface area contributed by atoms with Gasteiger partial charge in [-0.15, -0.1) is 5.10 Å². The van der Waals surface area contributed by atoms with Crippen LogP contribution in [0.1, 0.15) is 61.4 Å². The Morgan fingerprint density at radius 2 is 1.85 bits per heavy atom. The molecule has 9 nitrogen and oxygen atoms in total. The van der Waals surface area contributed by atoms with E-state index in [1.807, 2.05) is 19.9 Å². The molecule has 41 heavy (non-hydrogen) atoms. The summed E-state index contributed by atoms with van der Waals surface area (Å²) in [6.45, 7) is 4.09. The van der Waals surface area contributed by atoms with Gasteiger partial charge < -0.3 is 15.3 Å². The van der Waals surface area contributed by atoms with E-state index in [-0.39, 0.29) is 18.2 Å². The van der Waals surface area contributed by atoms with Gasteiger partial charge in [0, 0.05) is 23.1 Å². The summed E-state index contributed by atoms with van der Waals surface area (Å²) in [5.74, 6) is -0.914. The van der Waals surface area contributed by atoms with Gasteiger partial charge in [0.1, 0.15) is 5.82 Å². The second-order valence-corrected chi connectivity index (χ2v) is 10.7. The van der Waals surface area contributed by atoms with Gasteiger partial charge in [-0.25, -0.2) is 9.49 Å². The SMILES string of the molecule is CC(C)c1nc2c(c(-c3ccc(F)cc3)c1/C=C/[C@@H](O)C[C@@H](O)CC(=O)O)CCCc1ccc(-c3nnn[nH]3)cc1-2. The van der Waals surface area contributed by atoms with Crippen molar-refractivity contribution in [2.24, 2.45) is 0 Å². The Morgan fingerprint density at radius 1 is 1.10 bits per heavy atom. The van der Waals surface area contributed by atoms with Gasteiger partial charge in [-0.3, -0.25) is 9.78 Å². The van der Waals surface area contributed by atoms with Gasteiger partial charge in [0.2, 0.25) is 0 Å². The van der Waals surface area contributed by atoms with Crippen LogP contribution in [0.2, 0.25) is 0 Å². The van der Waals surface area contributed by atoms with E-state index in [9.17, 15) is 19.4 Å². The summed E-state index contributed by atoms with van der Waals surface area (Å²) >= 11 is 0. The Hall–Kier alpha value is -4.28. The smallest absolute Gasteiger partial charge is 0.305 e. The number of carbonyl (C=O) groups is 1. The number of hydrogen-bond acceptors (Lipinski definition) is 7. The zero-order valence-electron chi connectivity index (χ0n) is 22.9. The van der Waals surface area contributed by atoms with Crippen LogP contribution < -0.4 is 0 Å². The largest absolute Gasteiger partial charge is 0.481 e. The Bertz CT molecular complexity index is 1570. The number of carboxylic acid groups (broad SMARTS) is 1. The number of aliphatic hydroxyl groups is 2. The normalized spacial score (nSPS) is 14.5. The number of H-pyrrole nitrogens is 1. The summed E-state index contributed by atoms with van der Waals surface area (Å²) in [5, 5.41) is 43.9. The van der Waals surface area contributed by atoms with E-state index in [4.69, 9.17) is 10.1 Å². The molecular formula is C31H32FN5O4. The highest BCUT2D eigenvalue weighted by atomic mass is 19.1. The second kappa shape index (κ2) is 12.1. The molecule has 2 heterocycles. The molecule has 0 aliphatic heterocycles. The first kappa shape index (κ1) is 28.3. The lowest BCUT2D eigenvalue weighted by atomic mass is 9.86. The molecule has 2 aromatic heterocycles. The predicted octanol–water partition coefficient (Wildman–Crippen LogP) is 4.95. The monoisotopic (exact) mass is 557 g/mol. The number of aryl methyl sites for hydroxylation is 1. The molecule has 2 aromatic carbocycles. The Kier molecular flexibility index (Phi) is 8.32. The van der Waals surface area contributed by atoms with E-state index in [1.165, 1.54) is 17.7 Å². The summed E-state index contributed by atoms with van der Waals surface area (Å²) in [6, 6.07) is 12.5. The highest BCUT2D eigenvalue weighted by Crippen LogP contribution is 2.42. The van der Waals surface area contributed by atoms with Crippen molar-refractivity contribution >= 4 is 12.0 Å². The topological polar surface area (TPSA) is 145 Å². The van der Waals surface area contributed by atoms with Crippen molar-refractivity contribution in [3.8, 4) is 33.8 Å². The predicted molar refractivity (Wildman–Crippen MR) is 152 cm³/mol. The molecule has 0 spiro atoms. The van der Waals surface area contributed by atoms with Crippen molar-refractivity contribution in [3.05, 3.63) is 76.7 Å². The fraction of sp³-hybridized carbons (Fsp3) is 0.323. The molecule has 0 saturated heterocycles. The molecule has 212 valence electrons. The van der Waals surface area contributed by atoms with Gasteiger partial charge >= 0.3 is 5.97 Å². The van der Waals surface area contributed by atoms with Crippen LogP contribution in [0.5, 0.6) is 0 Å². The number of pyridine rings is 1. The van der Waals surface area contributed by atoms with Crippen molar-refractivity contribution < 1.29 is 24.5 Å². The Morgan fingerprint density at radius 3 is 2.54 bits per heavy atom. The van der Waals surface area contributed by atoms with Crippen LogP contribution in [0.15, 0.2) is 48.5 Å². The molecule has 10 heteroatoms. The Labute approximate surface area is 236 Å². The Balaban J connectivity index is 1.70. The summed E-state index contributed by atoms with van der Waals surface area (Å²) in [6.07, 6.45) is 3.02. The number of benzene rings is 2. The lowest BCUT2D eigenvalue weighted by Gasteiger charge is -2.22. The number of aliphatic carboxylic acids is 1. The van der Waals surface area contributed by atoms with Crippen LogP contribution >= 0.6 is 0 Å². The fourth-order valence-corrected chi connectivity index (χ4v) is 5.43. The first-order chi connectivity index (χ1) is 19.7. The third kappa shape index (κ3) is 6.23. The van der Waals surface area contributed by atoms with Crippen LogP contribution in [-0.2, 0) is 17.6 Å². The number of nitrogens with one attached hydrogen (secondary N) is 1. The molecule has 0 amide bonds. The quantitative estimate of drug-likeness (QED) is 0.226. The van der Waals surface area contributed by atoms with Gasteiger partial charge in [0.05, 0.1) is 30.0 Å². The molecule has 4 aromatic rings. The lowest BCUT2D eigenvalue weighted by Crippen LogP contribution is -2.19. The summed E-state index contributed by atoms with van der Waals surface area (Å²) in [7, 11) is 0. The van der Waals surface area contributed by atoms with Gasteiger partial charge in [-0.05, 0) is 76.1 Å². The fourth-order valence-electron chi connectivity index (χ4n) is 5.43. The van der Waals surface area contributed by atoms with Crippen LogP contribution in [0.4, 0.5) is 4.39 Å². The third-order valence-electron chi connectivity index (χ3n) is 7.31. The minimum Gasteiger partial charge on any atom is -0.481 e. The van der Waals surface area contributed by atoms with Crippen LogP contribution in [0, 0.1) is 5.82 Å². The van der Waals surface area contributed by atoms with Crippen LogP contribution in [0.3, 0.4) is 0 Å².